The van der Waals surface area contributed by atoms with Gasteiger partial charge >= 0.3 is 0 Å². The molecule has 29 heavy (non-hydrogen) atoms. The Kier molecular flexibility index (Phi) is 5.60. The quantitative estimate of drug-likeness (QED) is 0.689. The van der Waals surface area contributed by atoms with E-state index in [9.17, 15) is 4.79 Å². The maximum Gasteiger partial charge on any atom is 0.289 e. The first kappa shape index (κ1) is 18.8. The molecule has 1 N–H and O–H groups in total. The van der Waals surface area contributed by atoms with E-state index in [0.717, 1.165) is 17.1 Å². The number of carbonyl (C=O) groups excluding carboxylic acids is 1. The van der Waals surface area contributed by atoms with Crippen molar-refractivity contribution in [2.75, 3.05) is 43.5 Å². The summed E-state index contributed by atoms with van der Waals surface area (Å²) in [4.78, 5) is 25.3. The van der Waals surface area contributed by atoms with Gasteiger partial charge in [0.1, 0.15) is 11.6 Å². The van der Waals surface area contributed by atoms with Crippen LogP contribution in [-0.2, 0) is 6.54 Å². The summed E-state index contributed by atoms with van der Waals surface area (Å²) < 4.78 is 10.4. The predicted molar refractivity (Wildman–Crippen MR) is 109 cm³/mol. The SMILES string of the molecule is COc1ccc(CNc2ccnc(N3CCN(C(=O)c4ccco4)CC3)n2)cc1. The molecule has 0 unspecified atom stereocenters. The molecule has 1 aromatic carbocycles. The molecule has 1 aliphatic rings. The number of carbonyl (C=O) groups is 1. The molecule has 150 valence electrons. The topological polar surface area (TPSA) is 83.7 Å². The molecule has 1 fully saturated rings. The van der Waals surface area contributed by atoms with Gasteiger partial charge in [0.25, 0.3) is 5.91 Å². The molecule has 1 saturated heterocycles. The summed E-state index contributed by atoms with van der Waals surface area (Å²) in [7, 11) is 1.66. The molecule has 0 saturated carbocycles. The number of piperazine rings is 1. The highest BCUT2D eigenvalue weighted by Crippen LogP contribution is 2.17. The van der Waals surface area contributed by atoms with E-state index in [1.54, 1.807) is 30.3 Å². The molecule has 4 rings (SSSR count). The van der Waals surface area contributed by atoms with E-state index in [0.29, 0.717) is 44.4 Å². The number of hydrogen-bond donors (Lipinski definition) is 1. The lowest BCUT2D eigenvalue weighted by Gasteiger charge is -2.34. The van der Waals surface area contributed by atoms with Crippen LogP contribution in [0.1, 0.15) is 16.1 Å². The zero-order valence-electron chi connectivity index (χ0n) is 16.2. The number of hydrogen-bond acceptors (Lipinski definition) is 7. The number of nitrogens with zero attached hydrogens (tertiary/aromatic N) is 4. The fraction of sp³-hybridized carbons (Fsp3) is 0.286. The van der Waals surface area contributed by atoms with Gasteiger partial charge in [-0.3, -0.25) is 4.79 Å². The molecule has 1 amide bonds. The number of amides is 1. The van der Waals surface area contributed by atoms with Crippen molar-refractivity contribution in [3.8, 4) is 5.75 Å². The monoisotopic (exact) mass is 393 g/mol. The standard InChI is InChI=1S/C21H23N5O3/c1-28-17-6-4-16(5-7-17)15-23-19-8-9-22-21(24-19)26-12-10-25(11-13-26)20(27)18-3-2-14-29-18/h2-9,14H,10-13,15H2,1H3,(H,22,23,24). The highest BCUT2D eigenvalue weighted by Gasteiger charge is 2.24. The van der Waals surface area contributed by atoms with Crippen LogP contribution in [0.3, 0.4) is 0 Å². The van der Waals surface area contributed by atoms with Crippen molar-refractivity contribution < 1.29 is 13.9 Å². The van der Waals surface area contributed by atoms with Crippen LogP contribution in [0.5, 0.6) is 5.75 Å². The number of aromatic nitrogens is 2. The van der Waals surface area contributed by atoms with Gasteiger partial charge in [-0.05, 0) is 35.9 Å². The lowest BCUT2D eigenvalue weighted by molar-refractivity contribution is 0.0714. The highest BCUT2D eigenvalue weighted by molar-refractivity contribution is 5.91. The molecule has 3 aromatic rings. The molecular weight excluding hydrogens is 370 g/mol. The van der Waals surface area contributed by atoms with Gasteiger partial charge in [0.15, 0.2) is 5.76 Å². The number of ether oxygens (including phenoxy) is 1. The first-order valence-electron chi connectivity index (χ1n) is 9.50. The average molecular weight is 393 g/mol. The summed E-state index contributed by atoms with van der Waals surface area (Å²) in [6.07, 6.45) is 3.26. The Balaban J connectivity index is 1.33. The van der Waals surface area contributed by atoms with Crippen LogP contribution in [0.2, 0.25) is 0 Å². The van der Waals surface area contributed by atoms with Crippen LogP contribution >= 0.6 is 0 Å². The Morgan fingerprint density at radius 2 is 1.93 bits per heavy atom. The molecule has 0 radical (unpaired) electrons. The zero-order valence-corrected chi connectivity index (χ0v) is 16.2. The van der Waals surface area contributed by atoms with Crippen molar-refractivity contribution in [2.24, 2.45) is 0 Å². The Hall–Kier alpha value is -3.55. The van der Waals surface area contributed by atoms with Crippen LogP contribution < -0.4 is 15.0 Å². The van der Waals surface area contributed by atoms with E-state index in [4.69, 9.17) is 9.15 Å². The molecule has 0 aliphatic carbocycles. The summed E-state index contributed by atoms with van der Waals surface area (Å²) in [5.74, 6) is 2.56. The van der Waals surface area contributed by atoms with E-state index < -0.39 is 0 Å². The fourth-order valence-corrected chi connectivity index (χ4v) is 3.20. The molecule has 0 spiro atoms. The predicted octanol–water partition coefficient (Wildman–Crippen LogP) is 2.65. The van der Waals surface area contributed by atoms with Crippen LogP contribution in [0.4, 0.5) is 11.8 Å². The van der Waals surface area contributed by atoms with Gasteiger partial charge in [0.2, 0.25) is 5.95 Å². The third kappa shape index (κ3) is 4.48. The molecule has 8 nitrogen and oxygen atoms in total. The van der Waals surface area contributed by atoms with Crippen LogP contribution in [0.25, 0.3) is 0 Å². The first-order chi connectivity index (χ1) is 14.2. The molecule has 0 atom stereocenters. The van der Waals surface area contributed by atoms with Crippen molar-refractivity contribution in [1.82, 2.24) is 14.9 Å². The smallest absolute Gasteiger partial charge is 0.289 e. The highest BCUT2D eigenvalue weighted by atomic mass is 16.5. The minimum absolute atomic E-state index is 0.0783. The summed E-state index contributed by atoms with van der Waals surface area (Å²) in [5, 5.41) is 3.33. The van der Waals surface area contributed by atoms with E-state index in [2.05, 4.69) is 20.2 Å². The maximum atomic E-state index is 12.4. The Bertz CT molecular complexity index is 935. The lowest BCUT2D eigenvalue weighted by Crippen LogP contribution is -2.49. The second kappa shape index (κ2) is 8.64. The van der Waals surface area contributed by atoms with E-state index >= 15 is 0 Å². The van der Waals surface area contributed by atoms with E-state index in [1.165, 1.54) is 6.26 Å². The average Bonchev–Trinajstić information content (AvgIpc) is 3.33. The first-order valence-corrected chi connectivity index (χ1v) is 9.50. The summed E-state index contributed by atoms with van der Waals surface area (Å²) in [6.45, 7) is 3.22. The van der Waals surface area contributed by atoms with Gasteiger partial charge < -0.3 is 24.3 Å². The molecule has 3 heterocycles. The van der Waals surface area contributed by atoms with Crippen molar-refractivity contribution >= 4 is 17.7 Å². The van der Waals surface area contributed by atoms with Gasteiger partial charge in [-0.2, -0.15) is 4.98 Å². The van der Waals surface area contributed by atoms with Crippen molar-refractivity contribution in [2.45, 2.75) is 6.54 Å². The Morgan fingerprint density at radius 3 is 2.62 bits per heavy atom. The van der Waals surface area contributed by atoms with Crippen molar-refractivity contribution in [3.63, 3.8) is 0 Å². The van der Waals surface area contributed by atoms with Crippen molar-refractivity contribution in [3.05, 3.63) is 66.2 Å². The van der Waals surface area contributed by atoms with Gasteiger partial charge in [0.05, 0.1) is 13.4 Å². The molecule has 1 aliphatic heterocycles. The summed E-state index contributed by atoms with van der Waals surface area (Å²) in [6, 6.07) is 13.2. The minimum Gasteiger partial charge on any atom is -0.497 e. The molecule has 8 heteroatoms. The van der Waals surface area contributed by atoms with Crippen LogP contribution in [-0.4, -0.2) is 54.1 Å². The van der Waals surface area contributed by atoms with E-state index in [-0.39, 0.29) is 5.91 Å². The Morgan fingerprint density at radius 1 is 1.14 bits per heavy atom. The number of anilines is 2. The van der Waals surface area contributed by atoms with Crippen molar-refractivity contribution in [1.29, 1.82) is 0 Å². The third-order valence-corrected chi connectivity index (χ3v) is 4.86. The number of benzene rings is 1. The number of rotatable bonds is 6. The van der Waals surface area contributed by atoms with Gasteiger partial charge in [0, 0.05) is 38.9 Å². The third-order valence-electron chi connectivity index (χ3n) is 4.86. The lowest BCUT2D eigenvalue weighted by atomic mass is 10.2. The summed E-state index contributed by atoms with van der Waals surface area (Å²) >= 11 is 0. The number of methoxy groups -OCH3 is 1. The Labute approximate surface area is 169 Å². The normalized spacial score (nSPS) is 14.0. The van der Waals surface area contributed by atoms with Gasteiger partial charge in [-0.1, -0.05) is 12.1 Å². The maximum absolute atomic E-state index is 12.4. The zero-order chi connectivity index (χ0) is 20.1. The van der Waals surface area contributed by atoms with E-state index in [1.807, 2.05) is 30.3 Å². The second-order valence-corrected chi connectivity index (χ2v) is 6.70. The number of nitrogens with one attached hydrogen (secondary N) is 1. The summed E-state index contributed by atoms with van der Waals surface area (Å²) in [5.41, 5.74) is 1.14. The molecular formula is C21H23N5O3. The molecule has 2 aromatic heterocycles. The second-order valence-electron chi connectivity index (χ2n) is 6.70. The fourth-order valence-electron chi connectivity index (χ4n) is 3.20. The van der Waals surface area contributed by atoms with Crippen LogP contribution in [0.15, 0.2) is 59.3 Å². The molecule has 0 bridgehead atoms. The minimum atomic E-state index is -0.0783. The van der Waals surface area contributed by atoms with Gasteiger partial charge in [-0.25, -0.2) is 4.98 Å². The van der Waals surface area contributed by atoms with Gasteiger partial charge in [-0.15, -0.1) is 0 Å². The largest absolute Gasteiger partial charge is 0.497 e. The van der Waals surface area contributed by atoms with Crippen LogP contribution in [0, 0.1) is 0 Å². The number of furan rings is 1.